The van der Waals surface area contributed by atoms with Gasteiger partial charge in [0, 0.05) is 12.3 Å². The summed E-state index contributed by atoms with van der Waals surface area (Å²) in [4.78, 5) is 40.6. The molecule has 0 saturated carbocycles. The molecule has 0 aliphatic rings. The summed E-state index contributed by atoms with van der Waals surface area (Å²) in [5.41, 5.74) is 0. The first kappa shape index (κ1) is 44.5. The number of rotatable bonds is 35. The van der Waals surface area contributed by atoms with E-state index >= 15 is 0 Å². The Balaban J connectivity index is 5.40. The molecule has 0 spiro atoms. The van der Waals surface area contributed by atoms with Crippen molar-refractivity contribution in [2.24, 2.45) is 5.92 Å². The lowest BCUT2D eigenvalue weighted by atomic mass is 9.93. The molecular formula is C39H78N4O3. The van der Waals surface area contributed by atoms with Crippen molar-refractivity contribution in [1.29, 1.82) is 0 Å². The fraction of sp³-hybridized carbons (Fsp3) is 0.923. The fourth-order valence-corrected chi connectivity index (χ4v) is 6.01. The fourth-order valence-electron chi connectivity index (χ4n) is 6.01. The second kappa shape index (κ2) is 33.4. The van der Waals surface area contributed by atoms with Gasteiger partial charge in [0.1, 0.15) is 6.04 Å². The minimum atomic E-state index is -0.599. The standard InChI is InChI=1S/C39H78N4O3/c1-6-11-15-16-17-18-20-28-35(37(44)25-10-5)42-39(46)36(29-22-24-33-41-31-14-9-4)43-38(45)34(26-19-12-7-2)27-21-23-32-40-30-13-8-3/h34-36,40-41H,6-33H2,1-5H3,(H,42,46)(H,43,45). The van der Waals surface area contributed by atoms with Crippen molar-refractivity contribution in [3.05, 3.63) is 0 Å². The van der Waals surface area contributed by atoms with Crippen molar-refractivity contribution in [2.75, 3.05) is 26.2 Å². The van der Waals surface area contributed by atoms with E-state index in [-0.39, 0.29) is 23.5 Å². The van der Waals surface area contributed by atoms with E-state index in [9.17, 15) is 14.4 Å². The van der Waals surface area contributed by atoms with Gasteiger partial charge >= 0.3 is 0 Å². The Kier molecular flexibility index (Phi) is 32.4. The summed E-state index contributed by atoms with van der Waals surface area (Å²) in [6.07, 6.45) is 24.4. The van der Waals surface area contributed by atoms with Gasteiger partial charge in [0.05, 0.1) is 6.04 Å². The lowest BCUT2D eigenvalue weighted by molar-refractivity contribution is -0.133. The monoisotopic (exact) mass is 651 g/mol. The number of carbonyl (C=O) groups excluding carboxylic acids is 3. The topological polar surface area (TPSA) is 99.3 Å². The van der Waals surface area contributed by atoms with Crippen LogP contribution in [0.4, 0.5) is 0 Å². The Labute approximate surface area is 285 Å². The Bertz CT molecular complexity index is 717. The Hall–Kier alpha value is -1.47. The number of hydrogen-bond donors (Lipinski definition) is 4. The van der Waals surface area contributed by atoms with E-state index in [1.807, 2.05) is 6.92 Å². The smallest absolute Gasteiger partial charge is 0.243 e. The second-order valence-corrected chi connectivity index (χ2v) is 13.6. The van der Waals surface area contributed by atoms with Crippen molar-refractivity contribution in [2.45, 2.75) is 201 Å². The highest BCUT2D eigenvalue weighted by Gasteiger charge is 2.28. The molecule has 0 fully saturated rings. The van der Waals surface area contributed by atoms with Gasteiger partial charge in [0.15, 0.2) is 5.78 Å². The zero-order valence-electron chi connectivity index (χ0n) is 31.3. The third kappa shape index (κ3) is 25.6. The maximum atomic E-state index is 13.8. The van der Waals surface area contributed by atoms with Gasteiger partial charge in [-0.15, -0.1) is 0 Å². The molecule has 0 rings (SSSR count). The number of ketones is 1. The van der Waals surface area contributed by atoms with Crippen LogP contribution >= 0.6 is 0 Å². The number of unbranched alkanes of at least 4 members (excludes halogenated alkanes) is 12. The van der Waals surface area contributed by atoms with Gasteiger partial charge in [-0.05, 0) is 90.4 Å². The average molecular weight is 651 g/mol. The maximum absolute atomic E-state index is 13.8. The molecule has 3 atom stereocenters. The number of Topliss-reactive ketones (excluding diaryl/α,β-unsaturated/α-hetero) is 1. The first-order valence-electron chi connectivity index (χ1n) is 20.0. The highest BCUT2D eigenvalue weighted by molar-refractivity contribution is 5.93. The van der Waals surface area contributed by atoms with Crippen LogP contribution in [0.25, 0.3) is 0 Å². The van der Waals surface area contributed by atoms with E-state index < -0.39 is 12.1 Å². The van der Waals surface area contributed by atoms with Crippen LogP contribution < -0.4 is 21.3 Å². The summed E-state index contributed by atoms with van der Waals surface area (Å²) in [7, 11) is 0. The number of carbonyl (C=O) groups is 3. The average Bonchev–Trinajstić information content (AvgIpc) is 3.05. The van der Waals surface area contributed by atoms with E-state index in [4.69, 9.17) is 0 Å². The normalized spacial score (nSPS) is 13.3. The SMILES string of the molecule is CCCCCCCCCC(NC(=O)C(CCCCNCCCC)NC(=O)C(CCCCC)CCCCNCCCC)C(=O)CCC. The largest absolute Gasteiger partial charge is 0.345 e. The van der Waals surface area contributed by atoms with Crippen LogP contribution in [0.3, 0.4) is 0 Å². The van der Waals surface area contributed by atoms with Gasteiger partial charge < -0.3 is 21.3 Å². The molecule has 0 aliphatic carbocycles. The van der Waals surface area contributed by atoms with Gasteiger partial charge in [-0.2, -0.15) is 0 Å². The molecule has 0 aromatic carbocycles. The summed E-state index contributed by atoms with van der Waals surface area (Å²) >= 11 is 0. The molecule has 4 N–H and O–H groups in total. The lowest BCUT2D eigenvalue weighted by Gasteiger charge is -2.25. The predicted octanol–water partition coefficient (Wildman–Crippen LogP) is 8.78. The molecule has 46 heavy (non-hydrogen) atoms. The molecule has 7 nitrogen and oxygen atoms in total. The molecule has 3 unspecified atom stereocenters. The summed E-state index contributed by atoms with van der Waals surface area (Å²) in [5, 5.41) is 13.3. The third-order valence-electron chi connectivity index (χ3n) is 9.12. The molecule has 0 aromatic heterocycles. The Morgan fingerprint density at radius 1 is 0.413 bits per heavy atom. The Morgan fingerprint density at radius 3 is 1.39 bits per heavy atom. The number of hydrogen-bond acceptors (Lipinski definition) is 5. The minimum absolute atomic E-state index is 0.0137. The Morgan fingerprint density at radius 2 is 0.826 bits per heavy atom. The third-order valence-corrected chi connectivity index (χ3v) is 9.12. The van der Waals surface area contributed by atoms with Gasteiger partial charge in [-0.1, -0.05) is 118 Å². The minimum Gasteiger partial charge on any atom is -0.345 e. The van der Waals surface area contributed by atoms with E-state index in [1.165, 1.54) is 57.8 Å². The quantitative estimate of drug-likeness (QED) is 0.0514. The highest BCUT2D eigenvalue weighted by Crippen LogP contribution is 2.19. The van der Waals surface area contributed by atoms with Crippen molar-refractivity contribution >= 4 is 17.6 Å². The zero-order chi connectivity index (χ0) is 34.1. The van der Waals surface area contributed by atoms with Crippen molar-refractivity contribution in [3.8, 4) is 0 Å². The van der Waals surface area contributed by atoms with Crippen molar-refractivity contribution in [3.63, 3.8) is 0 Å². The molecule has 0 aromatic rings. The van der Waals surface area contributed by atoms with Crippen LogP contribution in [0.1, 0.15) is 189 Å². The lowest BCUT2D eigenvalue weighted by Crippen LogP contribution is -2.52. The van der Waals surface area contributed by atoms with Gasteiger partial charge in [-0.3, -0.25) is 14.4 Å². The van der Waals surface area contributed by atoms with Crippen LogP contribution in [-0.4, -0.2) is 55.9 Å². The molecule has 0 heterocycles. The van der Waals surface area contributed by atoms with Crippen molar-refractivity contribution in [1.82, 2.24) is 21.3 Å². The number of nitrogens with one attached hydrogen (secondary N) is 4. The zero-order valence-corrected chi connectivity index (χ0v) is 31.3. The van der Waals surface area contributed by atoms with Crippen LogP contribution in [-0.2, 0) is 14.4 Å². The summed E-state index contributed by atoms with van der Waals surface area (Å²) in [5.74, 6) is -0.118. The summed E-state index contributed by atoms with van der Waals surface area (Å²) in [6.45, 7) is 14.8. The maximum Gasteiger partial charge on any atom is 0.243 e. The van der Waals surface area contributed by atoms with E-state index in [1.54, 1.807) is 0 Å². The molecule has 2 amide bonds. The molecule has 272 valence electrons. The van der Waals surface area contributed by atoms with E-state index in [0.29, 0.717) is 19.3 Å². The van der Waals surface area contributed by atoms with Crippen LogP contribution in [0.2, 0.25) is 0 Å². The van der Waals surface area contributed by atoms with Gasteiger partial charge in [0.25, 0.3) is 0 Å². The van der Waals surface area contributed by atoms with E-state index in [0.717, 1.165) is 103 Å². The highest BCUT2D eigenvalue weighted by atomic mass is 16.2. The first-order chi connectivity index (χ1) is 22.4. The van der Waals surface area contributed by atoms with Gasteiger partial charge in [0.2, 0.25) is 11.8 Å². The van der Waals surface area contributed by atoms with Crippen LogP contribution in [0.15, 0.2) is 0 Å². The molecular weight excluding hydrogens is 572 g/mol. The first-order valence-corrected chi connectivity index (χ1v) is 20.0. The van der Waals surface area contributed by atoms with Crippen molar-refractivity contribution < 1.29 is 14.4 Å². The summed E-state index contributed by atoms with van der Waals surface area (Å²) in [6, 6.07) is -1.06. The molecule has 0 bridgehead atoms. The molecule has 0 saturated heterocycles. The second-order valence-electron chi connectivity index (χ2n) is 13.6. The summed E-state index contributed by atoms with van der Waals surface area (Å²) < 4.78 is 0. The van der Waals surface area contributed by atoms with Crippen LogP contribution in [0.5, 0.6) is 0 Å². The molecule has 0 radical (unpaired) electrons. The molecule has 7 heteroatoms. The van der Waals surface area contributed by atoms with Crippen LogP contribution in [0, 0.1) is 5.92 Å². The van der Waals surface area contributed by atoms with E-state index in [2.05, 4.69) is 49.0 Å². The van der Waals surface area contributed by atoms with Gasteiger partial charge in [-0.25, -0.2) is 0 Å². The predicted molar refractivity (Wildman–Crippen MR) is 197 cm³/mol. The number of amides is 2. The molecule has 0 aliphatic heterocycles.